The summed E-state index contributed by atoms with van der Waals surface area (Å²) in [6.45, 7) is 9.18. The number of benzene rings is 1. The van der Waals surface area contributed by atoms with E-state index in [1.165, 1.54) is 28.7 Å². The predicted octanol–water partition coefficient (Wildman–Crippen LogP) is 2.45. The first-order valence-corrected chi connectivity index (χ1v) is 11.6. The zero-order valence-electron chi connectivity index (χ0n) is 17.1. The Balaban J connectivity index is 2.07. The molecule has 0 unspecified atom stereocenters. The third-order valence-corrected chi connectivity index (χ3v) is 8.40. The lowest BCUT2D eigenvalue weighted by Gasteiger charge is -2.23. The molecule has 1 amide bonds. The van der Waals surface area contributed by atoms with Crippen molar-refractivity contribution in [2.75, 3.05) is 18.5 Å². The number of carbonyl (C=O) groups excluding carboxylic acids is 1. The van der Waals surface area contributed by atoms with E-state index in [0.717, 1.165) is 11.4 Å². The molecule has 5 nitrogen and oxygen atoms in total. The van der Waals surface area contributed by atoms with E-state index < -0.39 is 0 Å². The lowest BCUT2D eigenvalue weighted by atomic mass is 9.84. The molecule has 0 spiro atoms. The van der Waals surface area contributed by atoms with Crippen LogP contribution in [-0.2, 0) is 16.8 Å². The summed E-state index contributed by atoms with van der Waals surface area (Å²) in [6, 6.07) is 8.25. The van der Waals surface area contributed by atoms with Crippen LogP contribution in [0.5, 0.6) is 0 Å². The number of hydrogen-bond acceptors (Lipinski definition) is 6. The number of thioether (sulfide) groups is 1. The zero-order chi connectivity index (χ0) is 21.1. The number of thiocarbonyl (C=S) groups is 1. The van der Waals surface area contributed by atoms with Crippen molar-refractivity contribution in [3.8, 4) is 0 Å². The Morgan fingerprint density at radius 3 is 2.38 bits per heavy atom. The Hall–Kier alpha value is -1.90. The second kappa shape index (κ2) is 7.11. The van der Waals surface area contributed by atoms with Crippen LogP contribution in [-0.4, -0.2) is 33.3 Å². The summed E-state index contributed by atoms with van der Waals surface area (Å²) in [4.78, 5) is 30.6. The van der Waals surface area contributed by atoms with Gasteiger partial charge in [-0.15, -0.1) is 11.3 Å². The molecule has 1 aromatic heterocycles. The van der Waals surface area contributed by atoms with E-state index in [2.05, 4.69) is 30.9 Å². The van der Waals surface area contributed by atoms with E-state index >= 15 is 0 Å². The Labute approximate surface area is 183 Å². The smallest absolute Gasteiger partial charge is 0.270 e. The summed E-state index contributed by atoms with van der Waals surface area (Å²) < 4.78 is 3.65. The topological polar surface area (TPSA) is 45.6 Å². The number of carbonyl (C=O) groups is 1. The number of anilines is 1. The Morgan fingerprint density at radius 2 is 1.79 bits per heavy atom. The molecule has 1 aromatic carbocycles. The quantitative estimate of drug-likeness (QED) is 0.665. The summed E-state index contributed by atoms with van der Waals surface area (Å²) in [5.41, 5.74) is 2.94. The van der Waals surface area contributed by atoms with Gasteiger partial charge in [0, 0.05) is 31.2 Å². The summed E-state index contributed by atoms with van der Waals surface area (Å²) in [6.07, 6.45) is 0. The molecule has 4 rings (SSSR count). The van der Waals surface area contributed by atoms with Crippen molar-refractivity contribution < 1.29 is 4.79 Å². The highest BCUT2D eigenvalue weighted by atomic mass is 32.2. The number of fused-ring (bicyclic) bond motifs is 1. The van der Waals surface area contributed by atoms with E-state index in [-0.39, 0.29) is 16.9 Å². The second-order valence-corrected chi connectivity index (χ2v) is 10.2. The lowest BCUT2D eigenvalue weighted by molar-refractivity contribution is -0.120. The van der Waals surface area contributed by atoms with Crippen molar-refractivity contribution in [2.45, 2.75) is 39.7 Å². The van der Waals surface area contributed by atoms with Gasteiger partial charge in [-0.1, -0.05) is 56.0 Å². The first kappa shape index (κ1) is 20.4. The Kier molecular flexibility index (Phi) is 4.99. The fraction of sp³-hybridized carbons (Fsp3) is 0.381. The minimum Gasteiger partial charge on any atom is -0.346 e. The number of likely N-dealkylation sites (N-methyl/N-ethyl adjacent to an activating group) is 1. The van der Waals surface area contributed by atoms with Gasteiger partial charge < -0.3 is 4.90 Å². The highest BCUT2D eigenvalue weighted by molar-refractivity contribution is 8.30. The molecule has 0 atom stereocenters. The normalized spacial score (nSPS) is 22.0. The van der Waals surface area contributed by atoms with Gasteiger partial charge >= 0.3 is 0 Å². The van der Waals surface area contributed by atoms with Crippen molar-refractivity contribution >= 4 is 61.8 Å². The van der Waals surface area contributed by atoms with E-state index in [9.17, 15) is 9.59 Å². The molecule has 0 bridgehead atoms. The lowest BCUT2D eigenvalue weighted by Crippen LogP contribution is -2.38. The molecule has 0 N–H and O–H groups in total. The van der Waals surface area contributed by atoms with Crippen molar-refractivity contribution in [1.82, 2.24) is 9.47 Å². The van der Waals surface area contributed by atoms with Gasteiger partial charge in [-0.2, -0.15) is 0 Å². The molecule has 2 aliphatic rings. The van der Waals surface area contributed by atoms with Gasteiger partial charge in [0.15, 0.2) is 0 Å². The van der Waals surface area contributed by atoms with Crippen LogP contribution in [0.4, 0.5) is 5.69 Å². The largest absolute Gasteiger partial charge is 0.346 e. The van der Waals surface area contributed by atoms with Gasteiger partial charge in [-0.3, -0.25) is 19.1 Å². The maximum atomic E-state index is 13.4. The minimum atomic E-state index is -0.305. The van der Waals surface area contributed by atoms with E-state index in [4.69, 9.17) is 12.2 Å². The molecule has 1 fully saturated rings. The first-order chi connectivity index (χ1) is 13.7. The van der Waals surface area contributed by atoms with E-state index in [1.54, 1.807) is 9.47 Å². The number of amides is 1. The van der Waals surface area contributed by atoms with Crippen LogP contribution >= 0.6 is 35.3 Å². The van der Waals surface area contributed by atoms with Gasteiger partial charge in [-0.05, 0) is 25.5 Å². The molecule has 0 radical (unpaired) electrons. The van der Waals surface area contributed by atoms with Crippen LogP contribution in [0.25, 0.3) is 10.6 Å². The van der Waals surface area contributed by atoms with Gasteiger partial charge in [0.1, 0.15) is 18.4 Å². The van der Waals surface area contributed by atoms with Crippen LogP contribution in [0.2, 0.25) is 0 Å². The zero-order valence-corrected chi connectivity index (χ0v) is 19.6. The van der Waals surface area contributed by atoms with Crippen LogP contribution in [0.15, 0.2) is 29.1 Å². The molecule has 3 heterocycles. The molecule has 152 valence electrons. The SMILES string of the molecule is CCN1C(=O)/C(=c2/s/c(=C3/N(C)c4ccccc4C3(C)C)c(=O)n2CC)SC1=S. The standard InChI is InChI=1S/C21H23N3O2S3/c1-6-23-17(25)14(28-19(23)15-18(26)24(7-2)20(27)29-15)16-21(3,4)12-10-8-9-11-13(12)22(16)5/h8-11H,6-7H2,1-5H3/b16-14+,19-15-. The van der Waals surface area contributed by atoms with Crippen molar-refractivity contribution in [2.24, 2.45) is 0 Å². The van der Waals surface area contributed by atoms with Crippen LogP contribution in [0.1, 0.15) is 33.3 Å². The third kappa shape index (κ3) is 2.84. The predicted molar refractivity (Wildman–Crippen MR) is 126 cm³/mol. The van der Waals surface area contributed by atoms with Gasteiger partial charge in [0.25, 0.3) is 11.5 Å². The highest BCUT2D eigenvalue weighted by Gasteiger charge is 2.40. The molecular formula is C21H23N3O2S3. The summed E-state index contributed by atoms with van der Waals surface area (Å²) >= 11 is 8.07. The molecule has 8 heteroatoms. The molecule has 2 aromatic rings. The van der Waals surface area contributed by atoms with Crippen molar-refractivity contribution in [1.29, 1.82) is 0 Å². The maximum absolute atomic E-state index is 13.4. The number of rotatable bonds is 2. The van der Waals surface area contributed by atoms with Crippen molar-refractivity contribution in [3.05, 3.63) is 49.4 Å². The average molecular weight is 446 g/mol. The van der Waals surface area contributed by atoms with Gasteiger partial charge in [0.05, 0.1) is 5.70 Å². The second-order valence-electron chi connectivity index (χ2n) is 7.58. The number of nitrogens with zero attached hydrogens (tertiary/aromatic N) is 3. The highest BCUT2D eigenvalue weighted by Crippen LogP contribution is 2.46. The number of aromatic nitrogens is 1. The minimum absolute atomic E-state index is 0.0444. The summed E-state index contributed by atoms with van der Waals surface area (Å²) in [7, 11) is 2.01. The maximum Gasteiger partial charge on any atom is 0.270 e. The fourth-order valence-electron chi connectivity index (χ4n) is 4.21. The number of thiazole rings is 1. The van der Waals surface area contributed by atoms with Crippen LogP contribution in [0, 0.1) is 0 Å². The van der Waals surface area contributed by atoms with Crippen LogP contribution < -0.4 is 19.7 Å². The molecule has 2 aliphatic heterocycles. The fourth-order valence-corrected chi connectivity index (χ4v) is 7.20. The molecule has 0 saturated carbocycles. The first-order valence-electron chi connectivity index (χ1n) is 9.59. The number of para-hydroxylation sites is 1. The summed E-state index contributed by atoms with van der Waals surface area (Å²) in [5, 5.41) is 0. The molecule has 1 saturated heterocycles. The molecule has 29 heavy (non-hydrogen) atoms. The van der Waals surface area contributed by atoms with E-state index in [1.807, 2.05) is 33.0 Å². The number of hydrogen-bond donors (Lipinski definition) is 0. The van der Waals surface area contributed by atoms with E-state index in [0.29, 0.717) is 31.5 Å². The Bertz CT molecular complexity index is 1220. The van der Waals surface area contributed by atoms with Crippen LogP contribution in [0.3, 0.4) is 0 Å². The average Bonchev–Trinajstić information content (AvgIpc) is 3.23. The monoisotopic (exact) mass is 445 g/mol. The van der Waals surface area contributed by atoms with Gasteiger partial charge in [-0.25, -0.2) is 0 Å². The van der Waals surface area contributed by atoms with Gasteiger partial charge in [0.2, 0.25) is 0 Å². The molecule has 0 aliphatic carbocycles. The Morgan fingerprint density at radius 1 is 1.10 bits per heavy atom. The molecular weight excluding hydrogens is 422 g/mol. The third-order valence-electron chi connectivity index (χ3n) is 5.64. The summed E-state index contributed by atoms with van der Waals surface area (Å²) in [5.74, 6) is -0.107. The van der Waals surface area contributed by atoms with Crippen molar-refractivity contribution in [3.63, 3.8) is 0 Å².